The lowest BCUT2D eigenvalue weighted by molar-refractivity contribution is -0.128. The van der Waals surface area contributed by atoms with Gasteiger partial charge in [0.1, 0.15) is 11.6 Å². The van der Waals surface area contributed by atoms with E-state index in [9.17, 15) is 14.9 Å². The summed E-state index contributed by atoms with van der Waals surface area (Å²) in [5.41, 5.74) is 9.31. The van der Waals surface area contributed by atoms with Crippen LogP contribution in [0.1, 0.15) is 33.6 Å². The number of nitrogens with two attached hydrogens (primary N) is 1. The zero-order chi connectivity index (χ0) is 25.9. The van der Waals surface area contributed by atoms with Crippen molar-refractivity contribution in [1.29, 1.82) is 5.26 Å². The molecule has 1 aromatic heterocycles. The second-order valence-electron chi connectivity index (χ2n) is 10.1. The van der Waals surface area contributed by atoms with Crippen molar-refractivity contribution in [2.45, 2.75) is 39.7 Å². The second-order valence-corrected chi connectivity index (χ2v) is 10.1. The standard InChI is InChI=1S/C27H31N7O2/c1-27(2,3)14-18(15-28)25(35)34-13-5-6-20(16-34)31-26(36)30-19-11-9-17(10-12-19)21-7-4-8-22-23(21)24(29)33-32-22/h4,7-12,14,20H,5-6,13,16H2,1-3H3,(H3,29,32,33)(H2,30,31,36)/b18-14+. The summed E-state index contributed by atoms with van der Waals surface area (Å²) in [7, 11) is 0. The normalized spacial score (nSPS) is 16.4. The highest BCUT2D eigenvalue weighted by molar-refractivity contribution is 6.02. The first kappa shape index (κ1) is 24.8. The zero-order valence-electron chi connectivity index (χ0n) is 20.8. The van der Waals surface area contributed by atoms with Gasteiger partial charge in [0.05, 0.1) is 10.9 Å². The first-order chi connectivity index (χ1) is 17.1. The lowest BCUT2D eigenvalue weighted by atomic mass is 9.93. The molecule has 9 heteroatoms. The number of carbonyl (C=O) groups excluding carboxylic acids is 2. The Morgan fingerprint density at radius 2 is 1.97 bits per heavy atom. The number of hydrogen-bond donors (Lipinski definition) is 4. The summed E-state index contributed by atoms with van der Waals surface area (Å²) in [5.74, 6) is 0.154. The Morgan fingerprint density at radius 3 is 2.67 bits per heavy atom. The van der Waals surface area contributed by atoms with Crippen LogP contribution in [-0.4, -0.2) is 46.2 Å². The van der Waals surface area contributed by atoms with E-state index in [2.05, 4.69) is 20.8 Å². The summed E-state index contributed by atoms with van der Waals surface area (Å²) >= 11 is 0. The predicted octanol–water partition coefficient (Wildman–Crippen LogP) is 4.42. The van der Waals surface area contributed by atoms with Crippen molar-refractivity contribution in [3.05, 3.63) is 54.1 Å². The fraction of sp³-hybridized carbons (Fsp3) is 0.333. The summed E-state index contributed by atoms with van der Waals surface area (Å²) in [4.78, 5) is 27.2. The molecule has 1 atom stereocenters. The molecule has 0 radical (unpaired) electrons. The number of rotatable bonds is 4. The monoisotopic (exact) mass is 485 g/mol. The van der Waals surface area contributed by atoms with Crippen molar-refractivity contribution in [1.82, 2.24) is 20.4 Å². The molecule has 3 aromatic rings. The highest BCUT2D eigenvalue weighted by atomic mass is 16.2. The van der Waals surface area contributed by atoms with Gasteiger partial charge in [-0.1, -0.05) is 51.1 Å². The van der Waals surface area contributed by atoms with Gasteiger partial charge in [-0.15, -0.1) is 0 Å². The van der Waals surface area contributed by atoms with Crippen LogP contribution in [0.3, 0.4) is 0 Å². The van der Waals surface area contributed by atoms with Gasteiger partial charge in [-0.25, -0.2) is 4.79 Å². The highest BCUT2D eigenvalue weighted by Gasteiger charge is 2.27. The number of hydrogen-bond acceptors (Lipinski definition) is 5. The molecule has 9 nitrogen and oxygen atoms in total. The summed E-state index contributed by atoms with van der Waals surface area (Å²) in [6.45, 7) is 6.77. The van der Waals surface area contributed by atoms with E-state index in [1.165, 1.54) is 0 Å². The Morgan fingerprint density at radius 1 is 1.22 bits per heavy atom. The van der Waals surface area contributed by atoms with Gasteiger partial charge in [0.25, 0.3) is 5.91 Å². The van der Waals surface area contributed by atoms with Gasteiger partial charge in [-0.2, -0.15) is 10.4 Å². The minimum Gasteiger partial charge on any atom is -0.382 e. The second kappa shape index (κ2) is 10.1. The number of aromatic amines is 1. The molecule has 0 bridgehead atoms. The van der Waals surface area contributed by atoms with E-state index in [0.29, 0.717) is 24.6 Å². The first-order valence-corrected chi connectivity index (χ1v) is 12.0. The van der Waals surface area contributed by atoms with Crippen molar-refractivity contribution in [2.24, 2.45) is 5.41 Å². The molecule has 0 aliphatic carbocycles. The number of allylic oxidation sites excluding steroid dienone is 1. The van der Waals surface area contributed by atoms with E-state index in [0.717, 1.165) is 34.9 Å². The Bertz CT molecular complexity index is 1340. The predicted molar refractivity (Wildman–Crippen MR) is 141 cm³/mol. The average Bonchev–Trinajstić information content (AvgIpc) is 3.23. The van der Waals surface area contributed by atoms with Crippen LogP contribution in [0.4, 0.5) is 16.3 Å². The van der Waals surface area contributed by atoms with E-state index >= 15 is 0 Å². The Kier molecular flexibility index (Phi) is 6.97. The number of nitriles is 1. The summed E-state index contributed by atoms with van der Waals surface area (Å²) in [6, 6.07) is 14.8. The molecule has 1 fully saturated rings. The minimum atomic E-state index is -0.339. The van der Waals surface area contributed by atoms with E-state index in [4.69, 9.17) is 5.73 Å². The molecule has 0 saturated carbocycles. The Balaban J connectivity index is 1.38. The lowest BCUT2D eigenvalue weighted by Gasteiger charge is -2.33. The van der Waals surface area contributed by atoms with Crippen LogP contribution >= 0.6 is 0 Å². The molecule has 1 saturated heterocycles. The van der Waals surface area contributed by atoms with Crippen LogP contribution in [0, 0.1) is 16.7 Å². The minimum absolute atomic E-state index is 0.139. The summed E-state index contributed by atoms with van der Waals surface area (Å²) in [6.07, 6.45) is 3.21. The quantitative estimate of drug-likeness (QED) is 0.320. The number of piperidine rings is 1. The molecule has 0 spiro atoms. The third kappa shape index (κ3) is 5.66. The largest absolute Gasteiger partial charge is 0.382 e. The molecule has 1 unspecified atom stereocenters. The van der Waals surface area contributed by atoms with Gasteiger partial charge < -0.3 is 21.3 Å². The molecular formula is C27H31N7O2. The number of nitrogens with zero attached hydrogens (tertiary/aromatic N) is 3. The molecule has 4 rings (SSSR count). The van der Waals surface area contributed by atoms with Crippen molar-refractivity contribution in [3.8, 4) is 17.2 Å². The van der Waals surface area contributed by atoms with Crippen molar-refractivity contribution >= 4 is 34.3 Å². The number of urea groups is 1. The fourth-order valence-electron chi connectivity index (χ4n) is 4.45. The van der Waals surface area contributed by atoms with Crippen molar-refractivity contribution in [2.75, 3.05) is 24.1 Å². The molecule has 2 aromatic carbocycles. The van der Waals surface area contributed by atoms with E-state index in [1.807, 2.05) is 69.3 Å². The zero-order valence-corrected chi connectivity index (χ0v) is 20.8. The van der Waals surface area contributed by atoms with Crippen molar-refractivity contribution < 1.29 is 9.59 Å². The molecule has 1 aliphatic rings. The van der Waals surface area contributed by atoms with Gasteiger partial charge in [0.15, 0.2) is 5.82 Å². The molecule has 5 N–H and O–H groups in total. The number of H-pyrrole nitrogens is 1. The fourth-order valence-corrected chi connectivity index (χ4v) is 4.45. The Labute approximate surface area is 210 Å². The third-order valence-electron chi connectivity index (χ3n) is 6.04. The molecule has 186 valence electrons. The van der Waals surface area contributed by atoms with Crippen LogP contribution in [0.5, 0.6) is 0 Å². The number of amides is 3. The summed E-state index contributed by atoms with van der Waals surface area (Å²) in [5, 5.41) is 23.1. The topological polar surface area (TPSA) is 140 Å². The van der Waals surface area contributed by atoms with Crippen LogP contribution in [0.25, 0.3) is 22.0 Å². The third-order valence-corrected chi connectivity index (χ3v) is 6.04. The Hall–Kier alpha value is -4.32. The van der Waals surface area contributed by atoms with Crippen LogP contribution in [0.15, 0.2) is 54.1 Å². The van der Waals surface area contributed by atoms with Gasteiger partial charge in [0.2, 0.25) is 0 Å². The van der Waals surface area contributed by atoms with E-state index < -0.39 is 0 Å². The van der Waals surface area contributed by atoms with Crippen molar-refractivity contribution in [3.63, 3.8) is 0 Å². The maximum atomic E-state index is 12.9. The van der Waals surface area contributed by atoms with Crippen LogP contribution in [-0.2, 0) is 4.79 Å². The van der Waals surface area contributed by atoms with Gasteiger partial charge in [-0.05, 0) is 47.6 Å². The van der Waals surface area contributed by atoms with E-state index in [1.54, 1.807) is 11.0 Å². The molecule has 1 aliphatic heterocycles. The van der Waals surface area contributed by atoms with Crippen LogP contribution in [0.2, 0.25) is 0 Å². The number of likely N-dealkylation sites (tertiary alicyclic amines) is 1. The molecular weight excluding hydrogens is 454 g/mol. The smallest absolute Gasteiger partial charge is 0.319 e. The van der Waals surface area contributed by atoms with Gasteiger partial charge in [0, 0.05) is 24.8 Å². The van der Waals surface area contributed by atoms with Gasteiger partial charge >= 0.3 is 6.03 Å². The number of anilines is 2. The number of nitrogen functional groups attached to an aromatic ring is 1. The first-order valence-electron chi connectivity index (χ1n) is 12.0. The number of nitrogens with one attached hydrogen (secondary N) is 3. The highest BCUT2D eigenvalue weighted by Crippen LogP contribution is 2.31. The van der Waals surface area contributed by atoms with Crippen LogP contribution < -0.4 is 16.4 Å². The maximum Gasteiger partial charge on any atom is 0.319 e. The number of carbonyl (C=O) groups is 2. The molecule has 3 amide bonds. The number of benzene rings is 2. The van der Waals surface area contributed by atoms with E-state index in [-0.39, 0.29) is 29.0 Å². The lowest BCUT2D eigenvalue weighted by Crippen LogP contribution is -2.50. The maximum absolute atomic E-state index is 12.9. The average molecular weight is 486 g/mol. The van der Waals surface area contributed by atoms with Gasteiger partial charge in [-0.3, -0.25) is 9.89 Å². The SMILES string of the molecule is CC(C)(C)/C=C(\C#N)C(=O)N1CCCC(NC(=O)Nc2ccc(-c3cccc4[nH]nc(N)c34)cc2)C1. The molecule has 2 heterocycles. The number of aromatic nitrogens is 2. The summed E-state index contributed by atoms with van der Waals surface area (Å²) < 4.78 is 0. The number of fused-ring (bicyclic) bond motifs is 1. The molecule has 36 heavy (non-hydrogen) atoms.